The Hall–Kier alpha value is -3.15. The average molecular weight is 978 g/mol. The first-order valence-corrected chi connectivity index (χ1v) is 30.0. The number of unbranched alkanes of at least 4 members (excludes halogenated alkanes) is 35. The van der Waals surface area contributed by atoms with Crippen molar-refractivity contribution in [2.75, 3.05) is 13.2 Å². The molecular formula is C64H112O6. The lowest BCUT2D eigenvalue weighted by Gasteiger charge is -2.18. The molecule has 404 valence electrons. The molecule has 1 unspecified atom stereocenters. The minimum absolute atomic E-state index is 0.0892. The van der Waals surface area contributed by atoms with Crippen molar-refractivity contribution >= 4 is 17.9 Å². The highest BCUT2D eigenvalue weighted by molar-refractivity contribution is 5.71. The van der Waals surface area contributed by atoms with Crippen LogP contribution >= 0.6 is 0 Å². The second-order valence-corrected chi connectivity index (χ2v) is 20.0. The van der Waals surface area contributed by atoms with Crippen LogP contribution < -0.4 is 0 Å². The maximum Gasteiger partial charge on any atom is 0.306 e. The monoisotopic (exact) mass is 977 g/mol. The Morgan fingerprint density at radius 2 is 0.571 bits per heavy atom. The van der Waals surface area contributed by atoms with Crippen LogP contribution in [0.1, 0.15) is 297 Å². The van der Waals surface area contributed by atoms with Crippen molar-refractivity contribution in [3.8, 4) is 0 Å². The summed E-state index contributed by atoms with van der Waals surface area (Å²) in [5, 5.41) is 0. The predicted molar refractivity (Wildman–Crippen MR) is 302 cm³/mol. The second kappa shape index (κ2) is 58.4. The van der Waals surface area contributed by atoms with Gasteiger partial charge in [-0.25, -0.2) is 0 Å². The summed E-state index contributed by atoms with van der Waals surface area (Å²) >= 11 is 0. The Morgan fingerprint density at radius 3 is 0.929 bits per heavy atom. The van der Waals surface area contributed by atoms with Gasteiger partial charge in [0.2, 0.25) is 0 Å². The SMILES string of the molecule is CC\C=C/C=C\C=C/C=C\C=C/CCCCCC(=O)OCC(COC(=O)CCCCCCCCC/C=C\CCCCCCCCCC)OC(=O)CCCCCCCCCCCCCCCCCCCC. The Morgan fingerprint density at radius 1 is 0.300 bits per heavy atom. The van der Waals surface area contributed by atoms with Gasteiger partial charge in [0.25, 0.3) is 0 Å². The molecule has 0 bridgehead atoms. The first-order chi connectivity index (χ1) is 34.5. The van der Waals surface area contributed by atoms with Crippen molar-refractivity contribution in [1.82, 2.24) is 0 Å². The third kappa shape index (κ3) is 55.8. The lowest BCUT2D eigenvalue weighted by molar-refractivity contribution is -0.167. The van der Waals surface area contributed by atoms with E-state index in [0.29, 0.717) is 19.3 Å². The Bertz CT molecular complexity index is 1310. The van der Waals surface area contributed by atoms with Crippen molar-refractivity contribution in [3.05, 3.63) is 72.9 Å². The van der Waals surface area contributed by atoms with E-state index in [2.05, 4.69) is 51.2 Å². The first kappa shape index (κ1) is 66.9. The van der Waals surface area contributed by atoms with E-state index in [1.54, 1.807) is 0 Å². The van der Waals surface area contributed by atoms with Crippen LogP contribution in [0.2, 0.25) is 0 Å². The third-order valence-corrected chi connectivity index (χ3v) is 13.1. The Kier molecular flexibility index (Phi) is 55.8. The van der Waals surface area contributed by atoms with Crippen molar-refractivity contribution in [1.29, 1.82) is 0 Å². The highest BCUT2D eigenvalue weighted by Crippen LogP contribution is 2.17. The summed E-state index contributed by atoms with van der Waals surface area (Å²) in [6.45, 7) is 6.49. The van der Waals surface area contributed by atoms with Crippen LogP contribution in [0, 0.1) is 0 Å². The fourth-order valence-corrected chi connectivity index (χ4v) is 8.58. The van der Waals surface area contributed by atoms with Crippen LogP contribution in [-0.4, -0.2) is 37.2 Å². The van der Waals surface area contributed by atoms with Crippen LogP contribution in [0.15, 0.2) is 72.9 Å². The highest BCUT2D eigenvalue weighted by atomic mass is 16.6. The van der Waals surface area contributed by atoms with Gasteiger partial charge in [-0.15, -0.1) is 0 Å². The summed E-state index contributed by atoms with van der Waals surface area (Å²) in [6, 6.07) is 0. The standard InChI is InChI=1S/C64H112O6/c1-4-7-10-13-16-19-22-25-28-30-32-34-36-39-42-45-48-51-54-57-63(66)69-60-61(59-68-62(65)56-53-50-47-44-41-38-35-27-24-21-18-15-12-9-6-3)70-64(67)58-55-52-49-46-43-40-37-33-31-29-26-23-20-17-14-11-8-5-2/h9,12,15,18,21,24,27,30,32,35,38,41,61H,4-8,10-11,13-14,16-17,19-20,22-23,25-26,28-29,31,33-34,36-37,39-40,42-60H2,1-3H3/b12-9-,18-15-,24-21-,32-30-,35-27-,41-38-. The molecule has 0 N–H and O–H groups in total. The van der Waals surface area contributed by atoms with Crippen LogP contribution in [0.3, 0.4) is 0 Å². The number of ether oxygens (including phenoxy) is 3. The topological polar surface area (TPSA) is 78.9 Å². The molecule has 0 saturated carbocycles. The first-order valence-electron chi connectivity index (χ1n) is 30.0. The molecule has 0 saturated heterocycles. The molecule has 70 heavy (non-hydrogen) atoms. The zero-order valence-electron chi connectivity index (χ0n) is 46.3. The van der Waals surface area contributed by atoms with E-state index in [9.17, 15) is 14.4 Å². The van der Waals surface area contributed by atoms with Crippen molar-refractivity contribution < 1.29 is 28.6 Å². The number of esters is 3. The van der Waals surface area contributed by atoms with Gasteiger partial charge in [0, 0.05) is 19.3 Å². The highest BCUT2D eigenvalue weighted by Gasteiger charge is 2.19. The summed E-state index contributed by atoms with van der Waals surface area (Å²) in [4.78, 5) is 38.2. The van der Waals surface area contributed by atoms with E-state index < -0.39 is 6.10 Å². The summed E-state index contributed by atoms with van der Waals surface area (Å²) in [6.07, 6.45) is 74.7. The lowest BCUT2D eigenvalue weighted by Crippen LogP contribution is -2.30. The van der Waals surface area contributed by atoms with Crippen molar-refractivity contribution in [2.45, 2.75) is 303 Å². The van der Waals surface area contributed by atoms with Crippen LogP contribution in [0.5, 0.6) is 0 Å². The van der Waals surface area contributed by atoms with Gasteiger partial charge >= 0.3 is 17.9 Å². The molecule has 1 atom stereocenters. The maximum atomic E-state index is 12.9. The number of hydrogen-bond acceptors (Lipinski definition) is 6. The number of hydrogen-bond donors (Lipinski definition) is 0. The van der Waals surface area contributed by atoms with Gasteiger partial charge in [-0.05, 0) is 64.2 Å². The summed E-state index contributed by atoms with van der Waals surface area (Å²) in [7, 11) is 0. The van der Waals surface area contributed by atoms with Gasteiger partial charge in [0.05, 0.1) is 0 Å². The van der Waals surface area contributed by atoms with Gasteiger partial charge in [-0.1, -0.05) is 286 Å². The second-order valence-electron chi connectivity index (χ2n) is 20.0. The molecule has 0 radical (unpaired) electrons. The molecule has 0 aliphatic rings. The zero-order chi connectivity index (χ0) is 50.7. The number of carbonyl (C=O) groups excluding carboxylic acids is 3. The van der Waals surface area contributed by atoms with E-state index in [0.717, 1.165) is 70.6 Å². The summed E-state index contributed by atoms with van der Waals surface area (Å²) < 4.78 is 16.9. The van der Waals surface area contributed by atoms with E-state index >= 15 is 0 Å². The molecule has 0 amide bonds. The molecule has 0 aliphatic heterocycles. The molecular weight excluding hydrogens is 865 g/mol. The number of rotatable bonds is 54. The molecule has 0 fully saturated rings. The zero-order valence-corrected chi connectivity index (χ0v) is 46.3. The molecule has 0 aromatic heterocycles. The molecule has 6 nitrogen and oxygen atoms in total. The van der Waals surface area contributed by atoms with Crippen LogP contribution in [0.25, 0.3) is 0 Å². The lowest BCUT2D eigenvalue weighted by atomic mass is 10.0. The quantitative estimate of drug-likeness (QED) is 0.0199. The van der Waals surface area contributed by atoms with Crippen LogP contribution in [-0.2, 0) is 28.6 Å². The number of allylic oxidation sites excluding steroid dienone is 12. The van der Waals surface area contributed by atoms with E-state index in [1.165, 1.54) is 186 Å². The maximum absolute atomic E-state index is 12.9. The minimum Gasteiger partial charge on any atom is -0.462 e. The smallest absolute Gasteiger partial charge is 0.306 e. The van der Waals surface area contributed by atoms with E-state index in [-0.39, 0.29) is 31.1 Å². The van der Waals surface area contributed by atoms with E-state index in [4.69, 9.17) is 14.2 Å². The molecule has 0 spiro atoms. The van der Waals surface area contributed by atoms with Gasteiger partial charge in [-0.3, -0.25) is 14.4 Å². The average Bonchev–Trinajstić information content (AvgIpc) is 3.36. The minimum atomic E-state index is -0.794. The molecule has 0 aliphatic carbocycles. The van der Waals surface area contributed by atoms with E-state index in [1.807, 2.05) is 42.5 Å². The molecule has 0 aromatic rings. The fraction of sp³-hybridized carbons (Fsp3) is 0.766. The van der Waals surface area contributed by atoms with Gasteiger partial charge in [0.1, 0.15) is 13.2 Å². The van der Waals surface area contributed by atoms with Crippen molar-refractivity contribution in [2.24, 2.45) is 0 Å². The van der Waals surface area contributed by atoms with Gasteiger partial charge in [0.15, 0.2) is 6.10 Å². The molecule has 0 aromatic carbocycles. The fourth-order valence-electron chi connectivity index (χ4n) is 8.58. The molecule has 6 heteroatoms. The van der Waals surface area contributed by atoms with Crippen molar-refractivity contribution in [3.63, 3.8) is 0 Å². The predicted octanol–water partition coefficient (Wildman–Crippen LogP) is 20.2. The summed E-state index contributed by atoms with van der Waals surface area (Å²) in [5.41, 5.74) is 0. The largest absolute Gasteiger partial charge is 0.462 e. The van der Waals surface area contributed by atoms with Gasteiger partial charge in [-0.2, -0.15) is 0 Å². The third-order valence-electron chi connectivity index (χ3n) is 13.1. The summed E-state index contributed by atoms with van der Waals surface area (Å²) in [5.74, 6) is -0.923. The Balaban J connectivity index is 4.40. The normalized spacial score (nSPS) is 12.6. The van der Waals surface area contributed by atoms with Crippen LogP contribution in [0.4, 0.5) is 0 Å². The Labute approximate surface area is 433 Å². The molecule has 0 rings (SSSR count). The van der Waals surface area contributed by atoms with Gasteiger partial charge < -0.3 is 14.2 Å². The molecule has 0 heterocycles. The number of carbonyl (C=O) groups is 3.